The lowest BCUT2D eigenvalue weighted by Gasteiger charge is -2.13. The summed E-state index contributed by atoms with van der Waals surface area (Å²) in [5.41, 5.74) is 1.41. The van der Waals surface area contributed by atoms with Crippen LogP contribution in [0.1, 0.15) is 17.5 Å². The lowest BCUT2D eigenvalue weighted by molar-refractivity contribution is 0.287. The van der Waals surface area contributed by atoms with Crippen LogP contribution in [0.3, 0.4) is 0 Å². The average Bonchev–Trinajstić information content (AvgIpc) is 2.23. The maximum absolute atomic E-state index is 13.5. The van der Waals surface area contributed by atoms with Crippen LogP contribution in [0.25, 0.3) is 0 Å². The summed E-state index contributed by atoms with van der Waals surface area (Å²) >= 11 is 3.16. The highest BCUT2D eigenvalue weighted by Gasteiger charge is 2.13. The van der Waals surface area contributed by atoms with E-state index in [2.05, 4.69) is 15.9 Å². The molecule has 1 aromatic rings. The Morgan fingerprint density at radius 3 is 2.73 bits per heavy atom. The highest BCUT2D eigenvalue weighted by Crippen LogP contribution is 2.31. The predicted octanol–water partition coefficient (Wildman–Crippen LogP) is 2.83. The molecule has 0 heterocycles. The van der Waals surface area contributed by atoms with Crippen molar-refractivity contribution in [3.05, 3.63) is 27.5 Å². The molecule has 84 valence electrons. The molecule has 0 aliphatic carbocycles. The van der Waals surface area contributed by atoms with E-state index in [4.69, 9.17) is 9.84 Å². The first-order valence-corrected chi connectivity index (χ1v) is 5.53. The van der Waals surface area contributed by atoms with Crippen molar-refractivity contribution in [2.75, 3.05) is 13.7 Å². The van der Waals surface area contributed by atoms with Gasteiger partial charge in [0, 0.05) is 12.2 Å². The van der Waals surface area contributed by atoms with Gasteiger partial charge in [0.15, 0.2) is 0 Å². The summed E-state index contributed by atoms with van der Waals surface area (Å²) in [6, 6.07) is 1.71. The van der Waals surface area contributed by atoms with Crippen LogP contribution in [-0.2, 0) is 6.42 Å². The molecule has 0 aliphatic heterocycles. The molecule has 0 fully saturated rings. The van der Waals surface area contributed by atoms with Crippen LogP contribution in [-0.4, -0.2) is 18.8 Å². The van der Waals surface area contributed by atoms with Crippen LogP contribution in [0, 0.1) is 12.7 Å². The van der Waals surface area contributed by atoms with Crippen LogP contribution < -0.4 is 4.74 Å². The summed E-state index contributed by atoms with van der Waals surface area (Å²) < 4.78 is 19.1. The third-order valence-corrected chi connectivity index (χ3v) is 2.86. The van der Waals surface area contributed by atoms with E-state index in [0.29, 0.717) is 28.6 Å². The van der Waals surface area contributed by atoms with E-state index in [1.807, 2.05) is 0 Å². The molecule has 0 atom stereocenters. The Labute approximate surface area is 97.2 Å². The molecular formula is C11H14BrFO2. The van der Waals surface area contributed by atoms with E-state index in [1.54, 1.807) is 13.0 Å². The van der Waals surface area contributed by atoms with Crippen molar-refractivity contribution in [2.45, 2.75) is 19.8 Å². The Kier molecular flexibility index (Phi) is 4.54. The number of halogens is 2. The molecule has 4 heteroatoms. The number of benzene rings is 1. The first-order chi connectivity index (χ1) is 7.11. The monoisotopic (exact) mass is 276 g/mol. The molecular weight excluding hydrogens is 263 g/mol. The summed E-state index contributed by atoms with van der Waals surface area (Å²) in [6.07, 6.45) is 1.33. The molecule has 0 radical (unpaired) electrons. The zero-order valence-corrected chi connectivity index (χ0v) is 10.4. The molecule has 15 heavy (non-hydrogen) atoms. The summed E-state index contributed by atoms with van der Waals surface area (Å²) in [6.45, 7) is 1.80. The van der Waals surface area contributed by atoms with Gasteiger partial charge in [-0.05, 0) is 47.3 Å². The van der Waals surface area contributed by atoms with Crippen LogP contribution in [0.5, 0.6) is 5.75 Å². The van der Waals surface area contributed by atoms with E-state index in [0.717, 1.165) is 5.56 Å². The fourth-order valence-corrected chi connectivity index (χ4v) is 2.11. The van der Waals surface area contributed by atoms with Crippen LogP contribution >= 0.6 is 15.9 Å². The van der Waals surface area contributed by atoms with Gasteiger partial charge in [0.25, 0.3) is 0 Å². The van der Waals surface area contributed by atoms with Crippen molar-refractivity contribution in [3.63, 3.8) is 0 Å². The number of aliphatic hydroxyl groups excluding tert-OH is 1. The lowest BCUT2D eigenvalue weighted by atomic mass is 10.0. The minimum Gasteiger partial charge on any atom is -0.496 e. The Morgan fingerprint density at radius 1 is 1.53 bits per heavy atom. The number of rotatable bonds is 4. The molecule has 1 rings (SSSR count). The maximum Gasteiger partial charge on any atom is 0.143 e. The highest BCUT2D eigenvalue weighted by atomic mass is 79.9. The zero-order valence-electron chi connectivity index (χ0n) is 8.81. The van der Waals surface area contributed by atoms with Gasteiger partial charge in [-0.3, -0.25) is 0 Å². The van der Waals surface area contributed by atoms with Crippen LogP contribution in [0.2, 0.25) is 0 Å². The number of hydrogen-bond donors (Lipinski definition) is 1. The van der Waals surface area contributed by atoms with Crippen molar-refractivity contribution >= 4 is 15.9 Å². The second kappa shape index (κ2) is 5.47. The first kappa shape index (κ1) is 12.5. The summed E-state index contributed by atoms with van der Waals surface area (Å²) in [4.78, 5) is 0. The summed E-state index contributed by atoms with van der Waals surface area (Å²) in [5, 5.41) is 8.76. The molecule has 0 aliphatic rings. The van der Waals surface area contributed by atoms with Crippen LogP contribution in [0.15, 0.2) is 10.5 Å². The second-order valence-electron chi connectivity index (χ2n) is 3.32. The Hall–Kier alpha value is -0.610. The van der Waals surface area contributed by atoms with E-state index < -0.39 is 0 Å². The Balaban J connectivity index is 3.13. The van der Waals surface area contributed by atoms with E-state index in [9.17, 15) is 4.39 Å². The van der Waals surface area contributed by atoms with Crippen molar-refractivity contribution in [2.24, 2.45) is 0 Å². The molecule has 0 aromatic heterocycles. The Morgan fingerprint density at radius 2 is 2.20 bits per heavy atom. The number of ether oxygens (including phenoxy) is 1. The Bertz CT molecular complexity index is 353. The third kappa shape index (κ3) is 2.69. The van der Waals surface area contributed by atoms with Crippen molar-refractivity contribution in [1.82, 2.24) is 0 Å². The zero-order chi connectivity index (χ0) is 11.4. The second-order valence-corrected chi connectivity index (χ2v) is 4.17. The SMILES string of the molecule is COc1c(CCCO)cc(Br)c(F)c1C. The van der Waals surface area contributed by atoms with Gasteiger partial charge in [0.2, 0.25) is 0 Å². The molecule has 0 bridgehead atoms. The van der Waals surface area contributed by atoms with Crippen LogP contribution in [0.4, 0.5) is 4.39 Å². The smallest absolute Gasteiger partial charge is 0.143 e. The summed E-state index contributed by atoms with van der Waals surface area (Å²) in [7, 11) is 1.53. The largest absolute Gasteiger partial charge is 0.496 e. The van der Waals surface area contributed by atoms with E-state index in [-0.39, 0.29) is 12.4 Å². The van der Waals surface area contributed by atoms with Gasteiger partial charge in [-0.2, -0.15) is 0 Å². The standard InChI is InChI=1S/C11H14BrFO2/c1-7-10(13)9(12)6-8(4-3-5-14)11(7)15-2/h6,14H,3-5H2,1-2H3. The van der Waals surface area contributed by atoms with Gasteiger partial charge >= 0.3 is 0 Å². The molecule has 2 nitrogen and oxygen atoms in total. The van der Waals surface area contributed by atoms with Gasteiger partial charge in [0.05, 0.1) is 11.6 Å². The van der Waals surface area contributed by atoms with Crippen molar-refractivity contribution in [1.29, 1.82) is 0 Å². The quantitative estimate of drug-likeness (QED) is 0.917. The first-order valence-electron chi connectivity index (χ1n) is 4.74. The molecule has 1 aromatic carbocycles. The number of methoxy groups -OCH3 is 1. The maximum atomic E-state index is 13.5. The molecule has 1 N–H and O–H groups in total. The normalized spacial score (nSPS) is 10.5. The molecule has 0 unspecified atom stereocenters. The lowest BCUT2D eigenvalue weighted by Crippen LogP contribution is -1.99. The molecule has 0 saturated heterocycles. The average molecular weight is 277 g/mol. The van der Waals surface area contributed by atoms with Gasteiger partial charge in [-0.25, -0.2) is 4.39 Å². The van der Waals surface area contributed by atoms with E-state index in [1.165, 1.54) is 7.11 Å². The predicted molar refractivity (Wildman–Crippen MR) is 60.8 cm³/mol. The number of hydrogen-bond acceptors (Lipinski definition) is 2. The topological polar surface area (TPSA) is 29.5 Å². The minimum atomic E-state index is -0.292. The van der Waals surface area contributed by atoms with Crippen molar-refractivity contribution < 1.29 is 14.2 Å². The minimum absolute atomic E-state index is 0.122. The molecule has 0 spiro atoms. The highest BCUT2D eigenvalue weighted by molar-refractivity contribution is 9.10. The third-order valence-electron chi connectivity index (χ3n) is 2.28. The fraction of sp³-hybridized carbons (Fsp3) is 0.455. The van der Waals surface area contributed by atoms with E-state index >= 15 is 0 Å². The molecule has 0 saturated carbocycles. The van der Waals surface area contributed by atoms with Gasteiger partial charge in [-0.15, -0.1) is 0 Å². The number of aryl methyl sites for hydroxylation is 1. The van der Waals surface area contributed by atoms with Gasteiger partial charge < -0.3 is 9.84 Å². The van der Waals surface area contributed by atoms with Gasteiger partial charge in [-0.1, -0.05) is 0 Å². The van der Waals surface area contributed by atoms with Crippen molar-refractivity contribution in [3.8, 4) is 5.75 Å². The fourth-order valence-electron chi connectivity index (χ4n) is 1.54. The van der Waals surface area contributed by atoms with Gasteiger partial charge in [0.1, 0.15) is 11.6 Å². The molecule has 0 amide bonds. The number of aliphatic hydroxyl groups is 1. The summed E-state index contributed by atoms with van der Waals surface area (Å²) in [5.74, 6) is 0.281.